The molecular formula is C31H26N2. The first kappa shape index (κ1) is 19.9. The van der Waals surface area contributed by atoms with Crippen LogP contribution in [0.15, 0.2) is 91.3 Å². The quantitative estimate of drug-likeness (QED) is 0.293. The summed E-state index contributed by atoms with van der Waals surface area (Å²) < 4.78 is 0. The van der Waals surface area contributed by atoms with Crippen molar-refractivity contribution in [1.82, 2.24) is 9.97 Å². The molecule has 0 N–H and O–H groups in total. The fourth-order valence-corrected chi connectivity index (χ4v) is 5.04. The molecule has 6 rings (SSSR count). The number of benzene rings is 3. The third kappa shape index (κ3) is 3.52. The fourth-order valence-electron chi connectivity index (χ4n) is 5.04. The van der Waals surface area contributed by atoms with E-state index >= 15 is 0 Å². The van der Waals surface area contributed by atoms with Gasteiger partial charge in [-0.15, -0.1) is 0 Å². The highest BCUT2D eigenvalue weighted by Gasteiger charge is 2.19. The van der Waals surface area contributed by atoms with Crippen LogP contribution in [0, 0.1) is 0 Å². The van der Waals surface area contributed by atoms with E-state index in [1.807, 2.05) is 6.07 Å². The molecule has 5 aromatic rings. The first-order valence-electron chi connectivity index (χ1n) is 11.7. The molecule has 1 aliphatic rings. The molecule has 0 bridgehead atoms. The molecule has 3 aromatic carbocycles. The lowest BCUT2D eigenvalue weighted by Crippen LogP contribution is -2.06. The normalized spacial score (nSPS) is 12.6. The van der Waals surface area contributed by atoms with Gasteiger partial charge in [0.15, 0.2) is 0 Å². The molecule has 0 radical (unpaired) electrons. The minimum Gasteiger partial charge on any atom is -0.256 e. The molecule has 160 valence electrons. The van der Waals surface area contributed by atoms with Crippen molar-refractivity contribution < 1.29 is 0 Å². The standard InChI is InChI=1S/C31H26N2/c1-20(2)27-15-25(14-22-10-6-7-11-26(22)27)31-17-28-24(18-32-31)13-12-23-16-30(33-19-29(23)28)21-8-4-3-5-9-21/h3-11,14-20H,12-13H2,1-2H3. The zero-order valence-electron chi connectivity index (χ0n) is 19.0. The third-order valence-corrected chi connectivity index (χ3v) is 6.81. The van der Waals surface area contributed by atoms with E-state index < -0.39 is 0 Å². The Bertz CT molecular complexity index is 1480. The Morgan fingerprint density at radius 3 is 2.21 bits per heavy atom. The monoisotopic (exact) mass is 426 g/mol. The van der Waals surface area contributed by atoms with Gasteiger partial charge in [0.1, 0.15) is 0 Å². The van der Waals surface area contributed by atoms with Crippen LogP contribution in [0.1, 0.15) is 36.5 Å². The number of nitrogens with zero attached hydrogens (tertiary/aromatic N) is 2. The molecule has 0 saturated heterocycles. The maximum Gasteiger partial charge on any atom is 0.0708 e. The van der Waals surface area contributed by atoms with E-state index in [9.17, 15) is 0 Å². The summed E-state index contributed by atoms with van der Waals surface area (Å²) in [5.41, 5.74) is 11.0. The summed E-state index contributed by atoms with van der Waals surface area (Å²) in [4.78, 5) is 9.71. The molecule has 0 atom stereocenters. The molecule has 2 heterocycles. The number of aryl methyl sites for hydroxylation is 2. The van der Waals surface area contributed by atoms with E-state index in [0.29, 0.717) is 5.92 Å². The lowest BCUT2D eigenvalue weighted by atomic mass is 9.86. The Kier molecular flexibility index (Phi) is 4.80. The van der Waals surface area contributed by atoms with E-state index in [0.717, 1.165) is 24.2 Å². The number of aromatic nitrogens is 2. The summed E-state index contributed by atoms with van der Waals surface area (Å²) in [6, 6.07) is 28.2. The summed E-state index contributed by atoms with van der Waals surface area (Å²) >= 11 is 0. The zero-order valence-corrected chi connectivity index (χ0v) is 19.0. The Morgan fingerprint density at radius 1 is 0.636 bits per heavy atom. The largest absolute Gasteiger partial charge is 0.256 e. The van der Waals surface area contributed by atoms with E-state index in [1.54, 1.807) is 0 Å². The lowest BCUT2D eigenvalue weighted by molar-refractivity contribution is 0.876. The van der Waals surface area contributed by atoms with Crippen molar-refractivity contribution in [3.63, 3.8) is 0 Å². The summed E-state index contributed by atoms with van der Waals surface area (Å²) in [6.07, 6.45) is 6.17. The van der Waals surface area contributed by atoms with Crippen molar-refractivity contribution in [2.75, 3.05) is 0 Å². The number of rotatable bonds is 3. The van der Waals surface area contributed by atoms with Crippen LogP contribution < -0.4 is 0 Å². The van der Waals surface area contributed by atoms with Crippen LogP contribution in [0.4, 0.5) is 0 Å². The van der Waals surface area contributed by atoms with Crippen LogP contribution >= 0.6 is 0 Å². The van der Waals surface area contributed by atoms with E-state index in [2.05, 4.69) is 99.0 Å². The topological polar surface area (TPSA) is 25.8 Å². The van der Waals surface area contributed by atoms with Gasteiger partial charge in [0, 0.05) is 29.1 Å². The van der Waals surface area contributed by atoms with Crippen LogP contribution in [0.5, 0.6) is 0 Å². The van der Waals surface area contributed by atoms with Gasteiger partial charge in [-0.05, 0) is 76.1 Å². The number of fused-ring (bicyclic) bond motifs is 4. The van der Waals surface area contributed by atoms with Gasteiger partial charge in [0.25, 0.3) is 0 Å². The summed E-state index contributed by atoms with van der Waals surface area (Å²) in [7, 11) is 0. The maximum absolute atomic E-state index is 4.89. The summed E-state index contributed by atoms with van der Waals surface area (Å²) in [5, 5.41) is 2.60. The minimum atomic E-state index is 0.453. The predicted octanol–water partition coefficient (Wildman–Crippen LogP) is 7.85. The highest BCUT2D eigenvalue weighted by atomic mass is 14.7. The third-order valence-electron chi connectivity index (χ3n) is 6.81. The van der Waals surface area contributed by atoms with Crippen molar-refractivity contribution in [3.8, 4) is 33.6 Å². The van der Waals surface area contributed by atoms with Crippen LogP contribution in [0.25, 0.3) is 44.4 Å². The van der Waals surface area contributed by atoms with E-state index in [1.165, 1.54) is 49.7 Å². The van der Waals surface area contributed by atoms with Gasteiger partial charge < -0.3 is 0 Å². The van der Waals surface area contributed by atoms with Crippen LogP contribution in [0.2, 0.25) is 0 Å². The molecule has 0 fully saturated rings. The zero-order chi connectivity index (χ0) is 22.4. The van der Waals surface area contributed by atoms with Gasteiger partial charge in [-0.2, -0.15) is 0 Å². The minimum absolute atomic E-state index is 0.453. The Labute approximate surface area is 195 Å². The fraction of sp³-hybridized carbons (Fsp3) is 0.161. The highest BCUT2D eigenvalue weighted by molar-refractivity contribution is 5.91. The molecule has 0 saturated carbocycles. The molecule has 0 amide bonds. The van der Waals surface area contributed by atoms with Gasteiger partial charge in [0.2, 0.25) is 0 Å². The average Bonchev–Trinajstić information content (AvgIpc) is 2.87. The second kappa shape index (κ2) is 7.97. The van der Waals surface area contributed by atoms with Crippen molar-refractivity contribution in [2.24, 2.45) is 0 Å². The van der Waals surface area contributed by atoms with Crippen LogP contribution in [-0.4, -0.2) is 9.97 Å². The average molecular weight is 427 g/mol. The first-order valence-corrected chi connectivity index (χ1v) is 11.7. The molecule has 33 heavy (non-hydrogen) atoms. The SMILES string of the molecule is CC(C)c1cc(-c2cc3c(cn2)CCc2cc(-c4ccccc4)ncc2-3)cc2ccccc12. The Balaban J connectivity index is 1.47. The lowest BCUT2D eigenvalue weighted by Gasteiger charge is -2.21. The molecule has 0 unspecified atom stereocenters. The van der Waals surface area contributed by atoms with Crippen LogP contribution in [-0.2, 0) is 12.8 Å². The number of pyridine rings is 2. The Hall–Kier alpha value is -3.78. The summed E-state index contributed by atoms with van der Waals surface area (Å²) in [5.74, 6) is 0.453. The van der Waals surface area contributed by atoms with Crippen molar-refractivity contribution in [2.45, 2.75) is 32.6 Å². The van der Waals surface area contributed by atoms with Crippen molar-refractivity contribution in [1.29, 1.82) is 0 Å². The van der Waals surface area contributed by atoms with E-state index in [-0.39, 0.29) is 0 Å². The second-order valence-corrected chi connectivity index (χ2v) is 9.26. The predicted molar refractivity (Wildman–Crippen MR) is 137 cm³/mol. The molecule has 0 aliphatic heterocycles. The van der Waals surface area contributed by atoms with Gasteiger partial charge in [-0.25, -0.2) is 0 Å². The molecule has 0 spiro atoms. The molecule has 1 aliphatic carbocycles. The number of hydrogen-bond donors (Lipinski definition) is 0. The van der Waals surface area contributed by atoms with Gasteiger partial charge in [-0.1, -0.05) is 68.4 Å². The summed E-state index contributed by atoms with van der Waals surface area (Å²) in [6.45, 7) is 4.52. The van der Waals surface area contributed by atoms with Crippen molar-refractivity contribution in [3.05, 3.63) is 108 Å². The maximum atomic E-state index is 4.89. The van der Waals surface area contributed by atoms with Gasteiger partial charge in [0.05, 0.1) is 11.4 Å². The van der Waals surface area contributed by atoms with E-state index in [4.69, 9.17) is 9.97 Å². The second-order valence-electron chi connectivity index (χ2n) is 9.26. The van der Waals surface area contributed by atoms with Crippen LogP contribution in [0.3, 0.4) is 0 Å². The first-order chi connectivity index (χ1) is 16.2. The smallest absolute Gasteiger partial charge is 0.0708 e. The van der Waals surface area contributed by atoms with Crippen molar-refractivity contribution >= 4 is 10.8 Å². The van der Waals surface area contributed by atoms with Gasteiger partial charge >= 0.3 is 0 Å². The molecule has 2 heteroatoms. The van der Waals surface area contributed by atoms with Gasteiger partial charge in [-0.3, -0.25) is 9.97 Å². The molecule has 2 nitrogen and oxygen atoms in total. The Morgan fingerprint density at radius 2 is 1.36 bits per heavy atom. The number of hydrogen-bond acceptors (Lipinski definition) is 2. The highest BCUT2D eigenvalue weighted by Crippen LogP contribution is 2.38. The molecular weight excluding hydrogens is 400 g/mol. The molecule has 2 aromatic heterocycles.